The number of amides is 1. The van der Waals surface area contributed by atoms with Crippen LogP contribution in [0.4, 0.5) is 5.82 Å². The van der Waals surface area contributed by atoms with Crippen molar-refractivity contribution in [3.63, 3.8) is 0 Å². The molecule has 0 atom stereocenters. The van der Waals surface area contributed by atoms with Crippen LogP contribution < -0.4 is 10.9 Å². The number of aryl methyl sites for hydroxylation is 1. The minimum absolute atomic E-state index is 0.0112. The molecule has 0 unspecified atom stereocenters. The van der Waals surface area contributed by atoms with Crippen molar-refractivity contribution in [1.82, 2.24) is 19.7 Å². The van der Waals surface area contributed by atoms with Crippen LogP contribution in [-0.2, 0) is 17.6 Å². The first-order valence-electron chi connectivity index (χ1n) is 11.2. The second kappa shape index (κ2) is 9.60. The highest BCUT2D eigenvalue weighted by molar-refractivity contribution is 7.13. The van der Waals surface area contributed by atoms with Crippen molar-refractivity contribution >= 4 is 23.1 Å². The zero-order valence-corrected chi connectivity index (χ0v) is 18.9. The summed E-state index contributed by atoms with van der Waals surface area (Å²) in [7, 11) is 0. The van der Waals surface area contributed by atoms with Crippen LogP contribution >= 0.6 is 11.3 Å². The Morgan fingerprint density at radius 2 is 2.03 bits per heavy atom. The minimum Gasteiger partial charge on any atom is -0.310 e. The van der Waals surface area contributed by atoms with E-state index in [2.05, 4.69) is 24.1 Å². The van der Waals surface area contributed by atoms with Gasteiger partial charge in [-0.05, 0) is 50.0 Å². The third kappa shape index (κ3) is 4.63. The number of carbonyl (C=O) groups is 1. The normalized spacial score (nSPS) is 13.4. The largest absolute Gasteiger partial charge is 0.310 e. The summed E-state index contributed by atoms with van der Waals surface area (Å²) in [5.74, 6) is 0.831. The van der Waals surface area contributed by atoms with Crippen molar-refractivity contribution < 1.29 is 4.79 Å². The minimum atomic E-state index is -0.111. The van der Waals surface area contributed by atoms with E-state index >= 15 is 0 Å². The molecule has 3 heterocycles. The number of nitrogens with one attached hydrogen (secondary N) is 2. The van der Waals surface area contributed by atoms with Gasteiger partial charge in [-0.3, -0.25) is 14.6 Å². The molecule has 0 bridgehead atoms. The van der Waals surface area contributed by atoms with Gasteiger partial charge in [0.1, 0.15) is 11.5 Å². The van der Waals surface area contributed by atoms with Crippen LogP contribution in [0.3, 0.4) is 0 Å². The van der Waals surface area contributed by atoms with Crippen molar-refractivity contribution in [3.8, 4) is 16.5 Å². The summed E-state index contributed by atoms with van der Waals surface area (Å²) in [6, 6.07) is 5.82. The number of aromatic nitrogens is 4. The van der Waals surface area contributed by atoms with Crippen molar-refractivity contribution in [2.45, 2.75) is 65.2 Å². The van der Waals surface area contributed by atoms with Gasteiger partial charge in [0.25, 0.3) is 5.56 Å². The summed E-state index contributed by atoms with van der Waals surface area (Å²) in [5, 5.41) is 9.75. The van der Waals surface area contributed by atoms with E-state index in [0.29, 0.717) is 11.8 Å². The number of hydrogen-bond acceptors (Lipinski definition) is 5. The number of anilines is 1. The van der Waals surface area contributed by atoms with Crippen molar-refractivity contribution in [2.24, 2.45) is 5.92 Å². The van der Waals surface area contributed by atoms with Crippen LogP contribution in [0.15, 0.2) is 28.4 Å². The van der Waals surface area contributed by atoms with Gasteiger partial charge in [-0.25, -0.2) is 4.98 Å². The highest BCUT2D eigenvalue weighted by atomic mass is 32.1. The lowest BCUT2D eigenvalue weighted by Crippen LogP contribution is -2.26. The van der Waals surface area contributed by atoms with Crippen LogP contribution in [0.5, 0.6) is 0 Å². The first-order chi connectivity index (χ1) is 15.1. The summed E-state index contributed by atoms with van der Waals surface area (Å²) in [6.45, 7) is 4.19. The molecule has 0 aromatic carbocycles. The molecular weight excluding hydrogens is 410 g/mol. The first-order valence-corrected chi connectivity index (χ1v) is 12.1. The van der Waals surface area contributed by atoms with Gasteiger partial charge in [0.15, 0.2) is 0 Å². The molecule has 0 saturated carbocycles. The molecule has 0 fully saturated rings. The predicted octanol–water partition coefficient (Wildman–Crippen LogP) is 4.72. The Morgan fingerprint density at radius 1 is 1.26 bits per heavy atom. The van der Waals surface area contributed by atoms with Crippen LogP contribution in [0.1, 0.15) is 63.6 Å². The molecule has 3 aromatic heterocycles. The van der Waals surface area contributed by atoms with Crippen molar-refractivity contribution in [1.29, 1.82) is 0 Å². The van der Waals surface area contributed by atoms with E-state index in [1.54, 1.807) is 16.0 Å². The number of thiophene rings is 1. The highest BCUT2D eigenvalue weighted by Gasteiger charge is 2.22. The van der Waals surface area contributed by atoms with E-state index in [9.17, 15) is 9.59 Å². The maximum atomic E-state index is 13.0. The Kier molecular flexibility index (Phi) is 6.65. The van der Waals surface area contributed by atoms with E-state index in [1.807, 2.05) is 23.6 Å². The van der Waals surface area contributed by atoms with Crippen molar-refractivity contribution in [3.05, 3.63) is 45.2 Å². The van der Waals surface area contributed by atoms with E-state index in [4.69, 9.17) is 10.1 Å². The second-order valence-corrected chi connectivity index (χ2v) is 9.04. The average molecular weight is 440 g/mol. The Bertz CT molecular complexity index is 1090. The molecule has 3 aromatic rings. The standard InChI is InChI=1S/C23H29N5O2S/c1-3-8-15(9-4-2)21(29)25-20-14-18(19-12-7-13-31-19)27-28(20)23-24-17-11-6-5-10-16(17)22(30)26-23/h7,12-15H,3-6,8-11H2,1-2H3,(H,25,29)(H,24,26,30). The van der Waals surface area contributed by atoms with E-state index < -0.39 is 0 Å². The predicted molar refractivity (Wildman–Crippen MR) is 124 cm³/mol. The van der Waals surface area contributed by atoms with Gasteiger partial charge in [-0.15, -0.1) is 11.3 Å². The fourth-order valence-electron chi connectivity index (χ4n) is 4.20. The molecule has 0 spiro atoms. The quantitative estimate of drug-likeness (QED) is 0.531. The first kappa shape index (κ1) is 21.5. The van der Waals surface area contributed by atoms with Crippen LogP contribution in [0.2, 0.25) is 0 Å². The number of carbonyl (C=O) groups excluding carboxylic acids is 1. The lowest BCUT2D eigenvalue weighted by atomic mass is 9.97. The van der Waals surface area contributed by atoms with Gasteiger partial charge < -0.3 is 5.32 Å². The van der Waals surface area contributed by atoms with E-state index in [0.717, 1.165) is 73.2 Å². The van der Waals surface area contributed by atoms with Gasteiger partial charge in [-0.2, -0.15) is 9.78 Å². The molecule has 0 aliphatic heterocycles. The number of nitrogens with zero attached hydrogens (tertiary/aromatic N) is 3. The lowest BCUT2D eigenvalue weighted by molar-refractivity contribution is -0.120. The maximum absolute atomic E-state index is 13.0. The average Bonchev–Trinajstić information content (AvgIpc) is 3.43. The molecule has 31 heavy (non-hydrogen) atoms. The number of aromatic amines is 1. The number of fused-ring (bicyclic) bond motifs is 1. The van der Waals surface area contributed by atoms with Gasteiger partial charge in [0, 0.05) is 17.5 Å². The fourth-order valence-corrected chi connectivity index (χ4v) is 4.88. The molecule has 1 aliphatic carbocycles. The molecule has 1 aliphatic rings. The molecule has 0 radical (unpaired) electrons. The second-order valence-electron chi connectivity index (χ2n) is 8.09. The molecule has 0 saturated heterocycles. The Morgan fingerprint density at radius 3 is 2.74 bits per heavy atom. The van der Waals surface area contributed by atoms with Crippen LogP contribution in [0.25, 0.3) is 16.5 Å². The van der Waals surface area contributed by atoms with Gasteiger partial charge in [0.2, 0.25) is 11.9 Å². The third-order valence-corrected chi connectivity index (χ3v) is 6.65. The lowest BCUT2D eigenvalue weighted by Gasteiger charge is -2.17. The fraction of sp³-hybridized carbons (Fsp3) is 0.478. The molecule has 4 rings (SSSR count). The van der Waals surface area contributed by atoms with Crippen LogP contribution in [0, 0.1) is 5.92 Å². The Balaban J connectivity index is 1.74. The molecular formula is C23H29N5O2S. The summed E-state index contributed by atoms with van der Waals surface area (Å²) in [6.07, 6.45) is 7.20. The van der Waals surface area contributed by atoms with Gasteiger partial charge >= 0.3 is 0 Å². The SMILES string of the molecule is CCCC(CCC)C(=O)Nc1cc(-c2cccs2)nn1-c1nc2c(c(=O)[nH]1)CCCC2. The molecule has 1 amide bonds. The smallest absolute Gasteiger partial charge is 0.255 e. The van der Waals surface area contributed by atoms with Gasteiger partial charge in [0.05, 0.1) is 10.6 Å². The maximum Gasteiger partial charge on any atom is 0.255 e. The van der Waals surface area contributed by atoms with E-state index in [-0.39, 0.29) is 17.4 Å². The number of H-pyrrole nitrogens is 1. The monoisotopic (exact) mass is 439 g/mol. The number of hydrogen-bond donors (Lipinski definition) is 2. The summed E-state index contributed by atoms with van der Waals surface area (Å²) in [5.41, 5.74) is 2.25. The molecule has 2 N–H and O–H groups in total. The zero-order valence-electron chi connectivity index (χ0n) is 18.1. The molecule has 164 valence electrons. The van der Waals surface area contributed by atoms with Crippen molar-refractivity contribution in [2.75, 3.05) is 5.32 Å². The Labute approximate surface area is 185 Å². The van der Waals surface area contributed by atoms with E-state index in [1.165, 1.54) is 0 Å². The third-order valence-electron chi connectivity index (χ3n) is 5.76. The summed E-state index contributed by atoms with van der Waals surface area (Å²) in [4.78, 5) is 34.3. The Hall–Kier alpha value is -2.74. The number of rotatable bonds is 8. The zero-order chi connectivity index (χ0) is 21.8. The summed E-state index contributed by atoms with van der Waals surface area (Å²) >= 11 is 1.58. The van der Waals surface area contributed by atoms with Gasteiger partial charge in [-0.1, -0.05) is 32.8 Å². The summed E-state index contributed by atoms with van der Waals surface area (Å²) < 4.78 is 1.57. The molecule has 8 heteroatoms. The topological polar surface area (TPSA) is 92.7 Å². The highest BCUT2D eigenvalue weighted by Crippen LogP contribution is 2.28. The van der Waals surface area contributed by atoms with Crippen LogP contribution in [-0.4, -0.2) is 25.7 Å². The molecule has 7 nitrogen and oxygen atoms in total.